The SMILES string of the molecule is OC(Cn1cnnn1)(c1ccc(F)cc1F)C(F)(F)c1ccc(-c2cnc(Cl)nc2)cn1. The van der Waals surface area contributed by atoms with Crippen LogP contribution in [0.4, 0.5) is 17.6 Å². The maximum atomic E-state index is 15.7. The van der Waals surface area contributed by atoms with Crippen molar-refractivity contribution in [1.82, 2.24) is 35.2 Å². The predicted octanol–water partition coefficient (Wildman–Crippen LogP) is 3.14. The Morgan fingerprint density at radius 3 is 2.28 bits per heavy atom. The van der Waals surface area contributed by atoms with E-state index in [1.807, 2.05) is 0 Å². The minimum Gasteiger partial charge on any atom is -0.377 e. The van der Waals surface area contributed by atoms with Gasteiger partial charge in [0.2, 0.25) is 5.28 Å². The summed E-state index contributed by atoms with van der Waals surface area (Å²) in [5.41, 5.74) is -4.06. The molecule has 3 aromatic heterocycles. The fraction of sp³-hybridized carbons (Fsp3) is 0.158. The molecule has 1 unspecified atom stereocenters. The van der Waals surface area contributed by atoms with Crippen molar-refractivity contribution in [2.75, 3.05) is 0 Å². The molecule has 1 N–H and O–H groups in total. The van der Waals surface area contributed by atoms with Crippen LogP contribution in [0.1, 0.15) is 11.3 Å². The first-order chi connectivity index (χ1) is 15.2. The second kappa shape index (κ2) is 8.20. The summed E-state index contributed by atoms with van der Waals surface area (Å²) >= 11 is 5.64. The number of hydrogen-bond donors (Lipinski definition) is 1. The number of aliphatic hydroxyl groups is 1. The van der Waals surface area contributed by atoms with Gasteiger partial charge in [0, 0.05) is 41.3 Å². The zero-order chi connectivity index (χ0) is 22.9. The quantitative estimate of drug-likeness (QED) is 0.345. The molecule has 0 saturated heterocycles. The molecule has 0 aliphatic rings. The Kier molecular flexibility index (Phi) is 5.57. The summed E-state index contributed by atoms with van der Waals surface area (Å²) in [7, 11) is 0. The highest BCUT2D eigenvalue weighted by Gasteiger charge is 2.58. The van der Waals surface area contributed by atoms with E-state index < -0.39 is 41.0 Å². The molecule has 4 aromatic rings. The van der Waals surface area contributed by atoms with E-state index in [1.54, 1.807) is 0 Å². The van der Waals surface area contributed by atoms with Crippen LogP contribution in [-0.2, 0) is 18.1 Å². The summed E-state index contributed by atoms with van der Waals surface area (Å²) in [5, 5.41) is 21.3. The van der Waals surface area contributed by atoms with Crippen molar-refractivity contribution in [3.63, 3.8) is 0 Å². The normalized spacial score (nSPS) is 13.7. The number of benzene rings is 1. The van der Waals surface area contributed by atoms with E-state index in [0.29, 0.717) is 17.2 Å². The Morgan fingerprint density at radius 2 is 1.69 bits per heavy atom. The molecule has 3 heterocycles. The van der Waals surface area contributed by atoms with Gasteiger partial charge in [-0.2, -0.15) is 8.78 Å². The van der Waals surface area contributed by atoms with E-state index >= 15 is 8.78 Å². The van der Waals surface area contributed by atoms with Crippen molar-refractivity contribution in [3.8, 4) is 11.1 Å². The third kappa shape index (κ3) is 3.89. The summed E-state index contributed by atoms with van der Waals surface area (Å²) in [6, 6.07) is 4.17. The largest absolute Gasteiger partial charge is 0.377 e. The lowest BCUT2D eigenvalue weighted by atomic mass is 9.84. The van der Waals surface area contributed by atoms with Crippen molar-refractivity contribution >= 4 is 11.6 Å². The van der Waals surface area contributed by atoms with Crippen LogP contribution in [0.5, 0.6) is 0 Å². The molecule has 0 aliphatic carbocycles. The number of tetrazole rings is 1. The maximum Gasteiger partial charge on any atom is 0.323 e. The molecule has 0 aliphatic heterocycles. The zero-order valence-electron chi connectivity index (χ0n) is 15.9. The lowest BCUT2D eigenvalue weighted by Crippen LogP contribution is -2.48. The van der Waals surface area contributed by atoms with E-state index in [4.69, 9.17) is 11.6 Å². The molecule has 8 nitrogen and oxygen atoms in total. The fourth-order valence-corrected chi connectivity index (χ4v) is 3.19. The van der Waals surface area contributed by atoms with Crippen LogP contribution in [-0.4, -0.2) is 40.3 Å². The fourth-order valence-electron chi connectivity index (χ4n) is 3.09. The number of aromatic nitrogens is 7. The monoisotopic (exact) mass is 465 g/mol. The second-order valence-electron chi connectivity index (χ2n) is 6.74. The van der Waals surface area contributed by atoms with Crippen LogP contribution in [0, 0.1) is 11.6 Å². The first-order valence-electron chi connectivity index (χ1n) is 8.91. The average Bonchev–Trinajstić information content (AvgIpc) is 3.27. The molecule has 32 heavy (non-hydrogen) atoms. The molecule has 1 atom stereocenters. The molecular formula is C19H12ClF4N7O. The maximum absolute atomic E-state index is 15.7. The highest BCUT2D eigenvalue weighted by atomic mass is 35.5. The highest BCUT2D eigenvalue weighted by Crippen LogP contribution is 2.46. The molecule has 0 saturated carbocycles. The molecule has 0 bridgehead atoms. The lowest BCUT2D eigenvalue weighted by Gasteiger charge is -2.35. The number of hydrogen-bond acceptors (Lipinski definition) is 7. The van der Waals surface area contributed by atoms with Gasteiger partial charge in [-0.05, 0) is 40.2 Å². The molecule has 4 rings (SSSR count). The van der Waals surface area contributed by atoms with Crippen molar-refractivity contribution in [2.24, 2.45) is 0 Å². The van der Waals surface area contributed by atoms with Gasteiger partial charge in [-0.15, -0.1) is 5.10 Å². The van der Waals surface area contributed by atoms with Gasteiger partial charge < -0.3 is 5.11 Å². The van der Waals surface area contributed by atoms with Crippen molar-refractivity contribution in [1.29, 1.82) is 0 Å². The predicted molar refractivity (Wildman–Crippen MR) is 102 cm³/mol. The molecule has 0 fully saturated rings. The third-order valence-corrected chi connectivity index (χ3v) is 4.91. The third-order valence-electron chi connectivity index (χ3n) is 4.72. The van der Waals surface area contributed by atoms with Gasteiger partial charge in [0.05, 0.1) is 6.54 Å². The van der Waals surface area contributed by atoms with Crippen LogP contribution in [0.2, 0.25) is 5.28 Å². The van der Waals surface area contributed by atoms with Gasteiger partial charge >= 0.3 is 5.92 Å². The van der Waals surface area contributed by atoms with Crippen molar-refractivity contribution in [3.05, 3.63) is 83.4 Å². The van der Waals surface area contributed by atoms with E-state index in [-0.39, 0.29) is 5.28 Å². The van der Waals surface area contributed by atoms with Crippen LogP contribution >= 0.6 is 11.6 Å². The highest BCUT2D eigenvalue weighted by molar-refractivity contribution is 6.28. The van der Waals surface area contributed by atoms with Crippen LogP contribution in [0.3, 0.4) is 0 Å². The summed E-state index contributed by atoms with van der Waals surface area (Å²) in [6.45, 7) is -0.940. The first kappa shape index (κ1) is 21.7. The van der Waals surface area contributed by atoms with Crippen LogP contribution < -0.4 is 0 Å². The van der Waals surface area contributed by atoms with E-state index in [2.05, 4.69) is 30.5 Å². The van der Waals surface area contributed by atoms with E-state index in [0.717, 1.165) is 35.4 Å². The lowest BCUT2D eigenvalue weighted by molar-refractivity contribution is -0.207. The number of pyridine rings is 1. The smallest absolute Gasteiger partial charge is 0.323 e. The number of halogens is 5. The summed E-state index contributed by atoms with van der Waals surface area (Å²) < 4.78 is 60.0. The van der Waals surface area contributed by atoms with E-state index in [9.17, 15) is 13.9 Å². The van der Waals surface area contributed by atoms with Crippen molar-refractivity contribution < 1.29 is 22.7 Å². The Bertz CT molecular complexity index is 1220. The molecule has 13 heteroatoms. The van der Waals surface area contributed by atoms with Gasteiger partial charge in [0.25, 0.3) is 0 Å². The zero-order valence-corrected chi connectivity index (χ0v) is 16.6. The minimum atomic E-state index is -4.15. The van der Waals surface area contributed by atoms with Crippen LogP contribution in [0.25, 0.3) is 11.1 Å². The summed E-state index contributed by atoms with van der Waals surface area (Å²) in [4.78, 5) is 11.4. The minimum absolute atomic E-state index is 0.0128. The van der Waals surface area contributed by atoms with Gasteiger partial charge in [0.15, 0.2) is 5.60 Å². The molecular weight excluding hydrogens is 454 g/mol. The van der Waals surface area contributed by atoms with Gasteiger partial charge in [0.1, 0.15) is 23.7 Å². The van der Waals surface area contributed by atoms with E-state index in [1.165, 1.54) is 18.5 Å². The first-order valence-corrected chi connectivity index (χ1v) is 9.29. The Hall–Kier alpha value is -3.51. The van der Waals surface area contributed by atoms with Gasteiger partial charge in [-0.25, -0.2) is 23.4 Å². The molecule has 164 valence electrons. The molecule has 0 amide bonds. The van der Waals surface area contributed by atoms with Gasteiger partial charge in [-0.3, -0.25) is 4.98 Å². The Balaban J connectivity index is 1.78. The van der Waals surface area contributed by atoms with Crippen LogP contribution in [0.15, 0.2) is 55.2 Å². The van der Waals surface area contributed by atoms with Crippen molar-refractivity contribution in [2.45, 2.75) is 18.1 Å². The Morgan fingerprint density at radius 1 is 0.969 bits per heavy atom. The standard InChI is InChI=1S/C19H12ClF4N7O/c20-17-26-7-12(8-27-17)11-1-4-16(25-6-11)19(23,24)18(32,9-31-10-28-29-30-31)14-3-2-13(21)5-15(14)22/h1-8,10,32H,9H2. The summed E-state index contributed by atoms with van der Waals surface area (Å²) in [6.07, 6.45) is 4.85. The number of nitrogens with zero attached hydrogens (tertiary/aromatic N) is 7. The second-order valence-corrected chi connectivity index (χ2v) is 7.08. The number of alkyl halides is 2. The molecule has 0 radical (unpaired) electrons. The topological polar surface area (TPSA) is 102 Å². The average molecular weight is 466 g/mol. The molecule has 1 aromatic carbocycles. The molecule has 0 spiro atoms. The Labute approximate surface area is 182 Å². The summed E-state index contributed by atoms with van der Waals surface area (Å²) in [5.74, 6) is -6.51. The van der Waals surface area contributed by atoms with Gasteiger partial charge in [-0.1, -0.05) is 6.07 Å². The number of rotatable bonds is 6.